The SMILES string of the molecule is Cn1ncc2c(NCC3CCOC3)ncnc21. The Morgan fingerprint density at radius 3 is 3.29 bits per heavy atom. The van der Waals surface area contributed by atoms with Crippen molar-refractivity contribution in [1.82, 2.24) is 19.7 Å². The molecule has 1 aliphatic rings. The molecule has 3 heterocycles. The zero-order chi connectivity index (χ0) is 11.7. The summed E-state index contributed by atoms with van der Waals surface area (Å²) in [5, 5.41) is 8.51. The number of nitrogens with one attached hydrogen (secondary N) is 1. The first-order valence-corrected chi connectivity index (χ1v) is 5.79. The molecule has 1 fully saturated rings. The van der Waals surface area contributed by atoms with Crippen LogP contribution in [0.25, 0.3) is 11.0 Å². The fourth-order valence-corrected chi connectivity index (χ4v) is 2.09. The van der Waals surface area contributed by atoms with Gasteiger partial charge in [-0.2, -0.15) is 5.10 Å². The summed E-state index contributed by atoms with van der Waals surface area (Å²) in [5.74, 6) is 1.44. The van der Waals surface area contributed by atoms with E-state index in [0.29, 0.717) is 5.92 Å². The van der Waals surface area contributed by atoms with Crippen LogP contribution in [0.15, 0.2) is 12.5 Å². The molecule has 0 aliphatic carbocycles. The van der Waals surface area contributed by atoms with Crippen molar-refractivity contribution in [2.24, 2.45) is 13.0 Å². The van der Waals surface area contributed by atoms with E-state index >= 15 is 0 Å². The van der Waals surface area contributed by atoms with Crippen LogP contribution >= 0.6 is 0 Å². The zero-order valence-electron chi connectivity index (χ0n) is 9.76. The van der Waals surface area contributed by atoms with Gasteiger partial charge in [-0.25, -0.2) is 9.97 Å². The first-order valence-electron chi connectivity index (χ1n) is 5.79. The highest BCUT2D eigenvalue weighted by molar-refractivity contribution is 5.85. The summed E-state index contributed by atoms with van der Waals surface area (Å²) >= 11 is 0. The average Bonchev–Trinajstić information content (AvgIpc) is 2.97. The van der Waals surface area contributed by atoms with Gasteiger partial charge in [0, 0.05) is 26.1 Å². The van der Waals surface area contributed by atoms with E-state index in [0.717, 1.165) is 43.0 Å². The lowest BCUT2D eigenvalue weighted by Crippen LogP contribution is -2.15. The highest BCUT2D eigenvalue weighted by Crippen LogP contribution is 2.19. The Bertz CT molecular complexity index is 518. The number of aryl methyl sites for hydroxylation is 1. The van der Waals surface area contributed by atoms with Gasteiger partial charge in [0.2, 0.25) is 0 Å². The summed E-state index contributed by atoms with van der Waals surface area (Å²) < 4.78 is 7.10. The Hall–Kier alpha value is -1.69. The maximum absolute atomic E-state index is 5.35. The summed E-state index contributed by atoms with van der Waals surface area (Å²) in [6.45, 7) is 2.60. The molecule has 0 amide bonds. The standard InChI is InChI=1S/C11H15N5O/c1-16-11-9(5-15-16)10(13-7-14-11)12-4-8-2-3-17-6-8/h5,7-8H,2-4,6H2,1H3,(H,12,13,14). The van der Waals surface area contributed by atoms with Gasteiger partial charge in [-0.3, -0.25) is 4.68 Å². The third kappa shape index (κ3) is 1.95. The average molecular weight is 233 g/mol. The van der Waals surface area contributed by atoms with E-state index in [1.807, 2.05) is 7.05 Å². The van der Waals surface area contributed by atoms with Gasteiger partial charge in [0.05, 0.1) is 18.2 Å². The Morgan fingerprint density at radius 1 is 1.53 bits per heavy atom. The van der Waals surface area contributed by atoms with E-state index in [-0.39, 0.29) is 0 Å². The highest BCUT2D eigenvalue weighted by atomic mass is 16.5. The topological polar surface area (TPSA) is 64.9 Å². The molecule has 1 unspecified atom stereocenters. The van der Waals surface area contributed by atoms with Crippen molar-refractivity contribution in [3.63, 3.8) is 0 Å². The minimum Gasteiger partial charge on any atom is -0.381 e. The molecule has 90 valence electrons. The molecule has 1 atom stereocenters. The number of nitrogens with zero attached hydrogens (tertiary/aromatic N) is 4. The van der Waals surface area contributed by atoms with Crippen LogP contribution in [0.2, 0.25) is 0 Å². The molecular weight excluding hydrogens is 218 g/mol. The summed E-state index contributed by atoms with van der Waals surface area (Å²) in [7, 11) is 1.88. The lowest BCUT2D eigenvalue weighted by Gasteiger charge is -2.10. The second kappa shape index (κ2) is 4.29. The molecule has 6 nitrogen and oxygen atoms in total. The van der Waals surface area contributed by atoms with Crippen LogP contribution < -0.4 is 5.32 Å². The van der Waals surface area contributed by atoms with E-state index < -0.39 is 0 Å². The quantitative estimate of drug-likeness (QED) is 0.850. The number of fused-ring (bicyclic) bond motifs is 1. The molecule has 1 aliphatic heterocycles. The minimum absolute atomic E-state index is 0.580. The predicted octanol–water partition coefficient (Wildman–Crippen LogP) is 0.812. The normalized spacial score (nSPS) is 19.9. The fraction of sp³-hybridized carbons (Fsp3) is 0.545. The van der Waals surface area contributed by atoms with E-state index in [4.69, 9.17) is 4.74 Å². The molecule has 2 aromatic heterocycles. The van der Waals surface area contributed by atoms with Gasteiger partial charge in [0.15, 0.2) is 5.65 Å². The third-order valence-electron chi connectivity index (χ3n) is 3.11. The van der Waals surface area contributed by atoms with Crippen LogP contribution in [0.3, 0.4) is 0 Å². The van der Waals surface area contributed by atoms with Crippen molar-refractivity contribution in [3.8, 4) is 0 Å². The van der Waals surface area contributed by atoms with Crippen molar-refractivity contribution in [3.05, 3.63) is 12.5 Å². The summed E-state index contributed by atoms with van der Waals surface area (Å²) in [4.78, 5) is 8.47. The number of aromatic nitrogens is 4. The summed E-state index contributed by atoms with van der Waals surface area (Å²) in [5.41, 5.74) is 0.852. The van der Waals surface area contributed by atoms with Gasteiger partial charge in [-0.1, -0.05) is 0 Å². The molecule has 0 aromatic carbocycles. The van der Waals surface area contributed by atoms with Gasteiger partial charge in [0.25, 0.3) is 0 Å². The van der Waals surface area contributed by atoms with Gasteiger partial charge in [0.1, 0.15) is 12.1 Å². The molecule has 3 rings (SSSR count). The third-order valence-corrected chi connectivity index (χ3v) is 3.11. The van der Waals surface area contributed by atoms with Gasteiger partial charge in [-0.15, -0.1) is 0 Å². The van der Waals surface area contributed by atoms with Gasteiger partial charge in [-0.05, 0) is 6.42 Å². The summed E-state index contributed by atoms with van der Waals surface area (Å²) in [6, 6.07) is 0. The number of hydrogen-bond donors (Lipinski definition) is 1. The van der Waals surface area contributed by atoms with E-state index in [9.17, 15) is 0 Å². The van der Waals surface area contributed by atoms with Gasteiger partial charge < -0.3 is 10.1 Å². The molecule has 1 saturated heterocycles. The molecule has 0 radical (unpaired) electrons. The molecular formula is C11H15N5O. The molecule has 6 heteroatoms. The van der Waals surface area contributed by atoms with Crippen LogP contribution in [0.1, 0.15) is 6.42 Å². The van der Waals surface area contributed by atoms with Crippen LogP contribution in [-0.2, 0) is 11.8 Å². The fourth-order valence-electron chi connectivity index (χ4n) is 2.09. The Morgan fingerprint density at radius 2 is 2.47 bits per heavy atom. The van der Waals surface area contributed by atoms with Crippen molar-refractivity contribution in [2.45, 2.75) is 6.42 Å². The number of hydrogen-bond acceptors (Lipinski definition) is 5. The second-order valence-electron chi connectivity index (χ2n) is 4.34. The lowest BCUT2D eigenvalue weighted by molar-refractivity contribution is 0.187. The van der Waals surface area contributed by atoms with Gasteiger partial charge >= 0.3 is 0 Å². The van der Waals surface area contributed by atoms with Crippen LogP contribution in [-0.4, -0.2) is 39.5 Å². The second-order valence-corrected chi connectivity index (χ2v) is 4.34. The van der Waals surface area contributed by atoms with Crippen molar-refractivity contribution in [2.75, 3.05) is 25.1 Å². The van der Waals surface area contributed by atoms with E-state index in [1.54, 1.807) is 17.2 Å². The molecule has 17 heavy (non-hydrogen) atoms. The Balaban J connectivity index is 1.79. The van der Waals surface area contributed by atoms with Crippen molar-refractivity contribution >= 4 is 16.9 Å². The van der Waals surface area contributed by atoms with E-state index in [2.05, 4.69) is 20.4 Å². The monoisotopic (exact) mass is 233 g/mol. The zero-order valence-corrected chi connectivity index (χ0v) is 9.76. The van der Waals surface area contributed by atoms with Crippen LogP contribution in [0.4, 0.5) is 5.82 Å². The minimum atomic E-state index is 0.580. The highest BCUT2D eigenvalue weighted by Gasteiger charge is 2.16. The number of anilines is 1. The largest absolute Gasteiger partial charge is 0.381 e. The molecule has 2 aromatic rings. The molecule has 0 saturated carbocycles. The molecule has 0 bridgehead atoms. The number of rotatable bonds is 3. The Kier molecular flexibility index (Phi) is 2.64. The van der Waals surface area contributed by atoms with Crippen LogP contribution in [0, 0.1) is 5.92 Å². The van der Waals surface area contributed by atoms with Crippen molar-refractivity contribution < 1.29 is 4.74 Å². The van der Waals surface area contributed by atoms with Crippen molar-refractivity contribution in [1.29, 1.82) is 0 Å². The predicted molar refractivity (Wildman–Crippen MR) is 63.7 cm³/mol. The maximum atomic E-state index is 5.35. The lowest BCUT2D eigenvalue weighted by atomic mass is 10.1. The Labute approximate surface area is 99.0 Å². The summed E-state index contributed by atoms with van der Waals surface area (Å²) in [6.07, 6.45) is 4.48. The smallest absolute Gasteiger partial charge is 0.163 e. The molecule has 0 spiro atoms. The number of ether oxygens (including phenoxy) is 1. The first kappa shape index (κ1) is 10.5. The van der Waals surface area contributed by atoms with Crippen LogP contribution in [0.5, 0.6) is 0 Å². The van der Waals surface area contributed by atoms with E-state index in [1.165, 1.54) is 0 Å². The maximum Gasteiger partial charge on any atom is 0.163 e. The molecule has 1 N–H and O–H groups in total. The first-order chi connectivity index (χ1) is 8.34.